The molecular formula is C16H13BrClN7O5. The third-order valence-electron chi connectivity index (χ3n) is 4.07. The lowest BCUT2D eigenvalue weighted by atomic mass is 10.2. The van der Waals surface area contributed by atoms with Crippen molar-refractivity contribution in [1.82, 2.24) is 19.6 Å². The maximum atomic E-state index is 12.4. The number of aromatic nitrogens is 4. The zero-order chi connectivity index (χ0) is 22.0. The lowest BCUT2D eigenvalue weighted by Gasteiger charge is -2.04. The first-order valence-electron chi connectivity index (χ1n) is 8.29. The van der Waals surface area contributed by atoms with E-state index < -0.39 is 33.8 Å². The number of carbonyl (C=O) groups is 1. The van der Waals surface area contributed by atoms with Gasteiger partial charge in [0.05, 0.1) is 21.0 Å². The Labute approximate surface area is 181 Å². The van der Waals surface area contributed by atoms with Crippen LogP contribution < -0.4 is 5.32 Å². The van der Waals surface area contributed by atoms with Gasteiger partial charge in [-0.3, -0.25) is 19.6 Å². The van der Waals surface area contributed by atoms with E-state index >= 15 is 0 Å². The predicted octanol–water partition coefficient (Wildman–Crippen LogP) is 3.31. The van der Waals surface area contributed by atoms with Gasteiger partial charge in [0.25, 0.3) is 0 Å². The van der Waals surface area contributed by atoms with Gasteiger partial charge < -0.3 is 15.4 Å². The molecule has 0 spiro atoms. The lowest BCUT2D eigenvalue weighted by Crippen LogP contribution is -2.21. The first-order chi connectivity index (χ1) is 14.2. The Balaban J connectivity index is 1.75. The number of nitrogens with one attached hydrogen (secondary N) is 1. The summed E-state index contributed by atoms with van der Waals surface area (Å²) in [5.74, 6) is -1.33. The Kier molecular flexibility index (Phi) is 6.12. The van der Waals surface area contributed by atoms with Gasteiger partial charge in [-0.1, -0.05) is 29.8 Å². The largest absolute Gasteiger partial charge is 0.468 e. The highest BCUT2D eigenvalue weighted by atomic mass is 79.9. The fourth-order valence-corrected chi connectivity index (χ4v) is 3.29. The number of nitrogens with zero attached hydrogens (tertiary/aromatic N) is 6. The lowest BCUT2D eigenvalue weighted by molar-refractivity contribution is -0.424. The molecule has 14 heteroatoms. The molecule has 0 radical (unpaired) electrons. The van der Waals surface area contributed by atoms with Crippen LogP contribution in [-0.4, -0.2) is 35.3 Å². The Bertz CT molecular complexity index is 1160. The van der Waals surface area contributed by atoms with Crippen LogP contribution in [0.3, 0.4) is 0 Å². The molecule has 2 heterocycles. The van der Waals surface area contributed by atoms with Gasteiger partial charge in [0, 0.05) is 11.2 Å². The van der Waals surface area contributed by atoms with Crippen molar-refractivity contribution in [3.05, 3.63) is 71.4 Å². The molecule has 0 aliphatic heterocycles. The highest BCUT2D eigenvalue weighted by Gasteiger charge is 2.35. The summed E-state index contributed by atoms with van der Waals surface area (Å²) in [6.07, 6.45) is 1.65. The highest BCUT2D eigenvalue weighted by molar-refractivity contribution is 9.10. The van der Waals surface area contributed by atoms with Gasteiger partial charge in [0.15, 0.2) is 5.82 Å². The van der Waals surface area contributed by atoms with Gasteiger partial charge in [-0.15, -0.1) is 0 Å². The number of hydrogen-bond acceptors (Lipinski definition) is 7. The van der Waals surface area contributed by atoms with Crippen molar-refractivity contribution in [2.75, 3.05) is 5.32 Å². The summed E-state index contributed by atoms with van der Waals surface area (Å²) in [5.41, 5.74) is -0.0259. The van der Waals surface area contributed by atoms with Gasteiger partial charge in [0.1, 0.15) is 12.2 Å². The normalized spacial score (nSPS) is 10.8. The van der Waals surface area contributed by atoms with E-state index in [2.05, 4.69) is 31.4 Å². The summed E-state index contributed by atoms with van der Waals surface area (Å²) in [6, 6.07) is 7.25. The van der Waals surface area contributed by atoms with Crippen molar-refractivity contribution in [2.45, 2.75) is 20.0 Å². The van der Waals surface area contributed by atoms with Gasteiger partial charge in [-0.05, 0) is 39.4 Å². The Hall–Kier alpha value is -3.32. The summed E-state index contributed by atoms with van der Waals surface area (Å²) in [6.45, 7) is 1.18. The van der Waals surface area contributed by atoms with Gasteiger partial charge in [-0.2, -0.15) is 9.78 Å². The van der Waals surface area contributed by atoms with Crippen LogP contribution in [-0.2, 0) is 17.9 Å². The SMILES string of the molecule is Cc1c([N+](=O)[O-])c([N+](=O)[O-])nn1CC(=O)Nc1nn(Cc2ccccc2Cl)cc1Br. The summed E-state index contributed by atoms with van der Waals surface area (Å²) in [5, 5.41) is 33.0. The molecule has 1 amide bonds. The molecule has 0 atom stereocenters. The molecule has 1 aromatic carbocycles. The summed E-state index contributed by atoms with van der Waals surface area (Å²) in [7, 11) is 0. The molecule has 0 aliphatic rings. The number of amides is 1. The van der Waals surface area contributed by atoms with Crippen molar-refractivity contribution < 1.29 is 14.6 Å². The smallest absolute Gasteiger partial charge is 0.358 e. The van der Waals surface area contributed by atoms with E-state index in [0.29, 0.717) is 16.0 Å². The van der Waals surface area contributed by atoms with E-state index in [-0.39, 0.29) is 11.5 Å². The molecular weight excluding hydrogens is 486 g/mol. The number of anilines is 1. The molecule has 0 unspecified atom stereocenters. The van der Waals surface area contributed by atoms with Crippen LogP contribution in [0.4, 0.5) is 17.3 Å². The molecule has 3 rings (SSSR count). The van der Waals surface area contributed by atoms with Crippen molar-refractivity contribution in [2.24, 2.45) is 0 Å². The van der Waals surface area contributed by atoms with Crippen LogP contribution in [0, 0.1) is 27.2 Å². The number of rotatable bonds is 7. The predicted molar refractivity (Wildman–Crippen MR) is 109 cm³/mol. The van der Waals surface area contributed by atoms with Crippen molar-refractivity contribution in [3.63, 3.8) is 0 Å². The summed E-state index contributed by atoms with van der Waals surface area (Å²) < 4.78 is 2.97. The van der Waals surface area contributed by atoms with Crippen molar-refractivity contribution in [3.8, 4) is 0 Å². The van der Waals surface area contributed by atoms with E-state index in [9.17, 15) is 25.0 Å². The van der Waals surface area contributed by atoms with Crippen LogP contribution in [0.2, 0.25) is 5.02 Å². The second-order valence-electron chi connectivity index (χ2n) is 6.09. The van der Waals surface area contributed by atoms with Gasteiger partial charge in [-0.25, -0.2) is 0 Å². The van der Waals surface area contributed by atoms with E-state index in [1.165, 1.54) is 6.92 Å². The third-order valence-corrected chi connectivity index (χ3v) is 5.02. The first kappa shape index (κ1) is 21.4. The average molecular weight is 499 g/mol. The first-order valence-corrected chi connectivity index (χ1v) is 9.47. The zero-order valence-corrected chi connectivity index (χ0v) is 17.6. The van der Waals surface area contributed by atoms with Crippen LogP contribution in [0.15, 0.2) is 34.9 Å². The Morgan fingerprint density at radius 3 is 2.53 bits per heavy atom. The van der Waals surface area contributed by atoms with Crippen molar-refractivity contribution in [1.29, 1.82) is 0 Å². The Morgan fingerprint density at radius 2 is 1.93 bits per heavy atom. The van der Waals surface area contributed by atoms with Gasteiger partial charge in [0.2, 0.25) is 5.91 Å². The fraction of sp³-hybridized carbons (Fsp3) is 0.188. The molecule has 30 heavy (non-hydrogen) atoms. The number of benzene rings is 1. The molecule has 3 aromatic rings. The molecule has 0 saturated heterocycles. The number of halogens is 2. The standard InChI is InChI=1S/C16H13BrClN7O5/c1-9-14(24(27)28)16(25(29)30)21-23(9)8-13(26)19-15-11(17)7-22(20-15)6-10-4-2-3-5-12(10)18/h2-5,7H,6,8H2,1H3,(H,19,20,26). The molecule has 0 aliphatic carbocycles. The summed E-state index contributed by atoms with van der Waals surface area (Å²) in [4.78, 5) is 32.6. The van der Waals surface area contributed by atoms with Crippen LogP contribution in [0.1, 0.15) is 11.3 Å². The second-order valence-corrected chi connectivity index (χ2v) is 7.35. The minimum Gasteiger partial charge on any atom is -0.358 e. The van der Waals surface area contributed by atoms with Crippen molar-refractivity contribution >= 4 is 50.8 Å². The van der Waals surface area contributed by atoms with Crippen LogP contribution in [0.5, 0.6) is 0 Å². The van der Waals surface area contributed by atoms with E-state index in [1.807, 2.05) is 18.2 Å². The number of hydrogen-bond donors (Lipinski definition) is 1. The van der Waals surface area contributed by atoms with E-state index in [1.54, 1.807) is 16.9 Å². The minimum atomic E-state index is -0.966. The fourth-order valence-electron chi connectivity index (χ4n) is 2.68. The van der Waals surface area contributed by atoms with Crippen LogP contribution in [0.25, 0.3) is 0 Å². The van der Waals surface area contributed by atoms with E-state index in [4.69, 9.17) is 11.6 Å². The Morgan fingerprint density at radius 1 is 1.23 bits per heavy atom. The molecule has 0 fully saturated rings. The third kappa shape index (κ3) is 4.46. The maximum Gasteiger partial charge on any atom is 0.468 e. The zero-order valence-electron chi connectivity index (χ0n) is 15.3. The topological polar surface area (TPSA) is 151 Å². The molecule has 0 bridgehead atoms. The van der Waals surface area contributed by atoms with E-state index in [0.717, 1.165) is 10.2 Å². The molecule has 156 valence electrons. The van der Waals surface area contributed by atoms with Gasteiger partial charge >= 0.3 is 11.5 Å². The molecule has 1 N–H and O–H groups in total. The molecule has 2 aromatic heterocycles. The maximum absolute atomic E-state index is 12.4. The quantitative estimate of drug-likeness (QED) is 0.387. The minimum absolute atomic E-state index is 0.106. The molecule has 12 nitrogen and oxygen atoms in total. The molecule has 0 saturated carbocycles. The summed E-state index contributed by atoms with van der Waals surface area (Å²) >= 11 is 9.44. The van der Waals surface area contributed by atoms with Crippen LogP contribution >= 0.6 is 27.5 Å². The average Bonchev–Trinajstić information content (AvgIpc) is 3.17. The second kappa shape index (κ2) is 8.59. The highest BCUT2D eigenvalue weighted by Crippen LogP contribution is 2.29. The number of nitro groups is 2. The monoisotopic (exact) mass is 497 g/mol. The number of carbonyl (C=O) groups excluding carboxylic acids is 1.